The summed E-state index contributed by atoms with van der Waals surface area (Å²) in [5.41, 5.74) is 1.73. The molecule has 0 saturated carbocycles. The summed E-state index contributed by atoms with van der Waals surface area (Å²) < 4.78 is 5.31. The van der Waals surface area contributed by atoms with Crippen LogP contribution < -0.4 is 0 Å². The van der Waals surface area contributed by atoms with E-state index in [4.69, 9.17) is 16.3 Å². The van der Waals surface area contributed by atoms with Crippen LogP contribution in [0, 0.1) is 0 Å². The van der Waals surface area contributed by atoms with Crippen molar-refractivity contribution in [2.45, 2.75) is 26.4 Å². The van der Waals surface area contributed by atoms with E-state index >= 15 is 0 Å². The lowest BCUT2D eigenvalue weighted by molar-refractivity contribution is 0.0295. The largest absolute Gasteiger partial charge is 0.444 e. The summed E-state index contributed by atoms with van der Waals surface area (Å²) in [6.45, 7) is 7.64. The first-order chi connectivity index (χ1) is 8.26. The minimum atomic E-state index is -0.484. The van der Waals surface area contributed by atoms with E-state index in [1.165, 1.54) is 0 Å². The van der Waals surface area contributed by atoms with Gasteiger partial charge in [-0.2, -0.15) is 0 Å². The maximum Gasteiger partial charge on any atom is 0.410 e. The van der Waals surface area contributed by atoms with Gasteiger partial charge >= 0.3 is 11.5 Å². The van der Waals surface area contributed by atoms with Gasteiger partial charge in [0.2, 0.25) is 0 Å². The van der Waals surface area contributed by atoms with Gasteiger partial charge in [-0.05, 0) is 43.5 Å². The van der Waals surface area contributed by atoms with Crippen LogP contribution in [0.25, 0.3) is 0 Å². The first-order valence-corrected chi connectivity index (χ1v) is 6.26. The van der Waals surface area contributed by atoms with Crippen molar-refractivity contribution in [2.75, 3.05) is 26.2 Å². The number of ether oxygens (including phenoxy) is 1. The third-order valence-corrected chi connectivity index (χ3v) is 3.17. The summed E-state index contributed by atoms with van der Waals surface area (Å²) in [4.78, 5) is 26.1. The van der Waals surface area contributed by atoms with E-state index in [9.17, 15) is 9.59 Å². The number of halogens is 1. The molecule has 0 aromatic carbocycles. The number of hydrogen-bond donors (Lipinski definition) is 0. The van der Waals surface area contributed by atoms with Crippen molar-refractivity contribution in [1.29, 1.82) is 0 Å². The maximum absolute atomic E-state index is 11.9. The molecule has 2 amide bonds. The first kappa shape index (κ1) is 13.2. The van der Waals surface area contributed by atoms with Gasteiger partial charge in [0.1, 0.15) is 5.60 Å². The second-order valence-corrected chi connectivity index (χ2v) is 5.98. The summed E-state index contributed by atoms with van der Waals surface area (Å²) in [7, 11) is 0. The number of nitrogens with zero attached hydrogens (tertiary/aromatic N) is 2. The fraction of sp³-hybridized carbons (Fsp3) is 0.667. The molecule has 2 rings (SSSR count). The fourth-order valence-corrected chi connectivity index (χ4v) is 2.28. The second-order valence-electron chi connectivity index (χ2n) is 5.65. The Morgan fingerprint density at radius 2 is 1.50 bits per heavy atom. The topological polar surface area (TPSA) is 49.9 Å². The smallest absolute Gasteiger partial charge is 0.410 e. The van der Waals surface area contributed by atoms with Crippen molar-refractivity contribution in [3.8, 4) is 0 Å². The van der Waals surface area contributed by atoms with Gasteiger partial charge in [-0.3, -0.25) is 4.79 Å². The Balaban J connectivity index is 1.90. The molecule has 100 valence electrons. The van der Waals surface area contributed by atoms with Crippen LogP contribution in [0.15, 0.2) is 11.1 Å². The summed E-state index contributed by atoms with van der Waals surface area (Å²) in [5, 5.41) is -0.437. The number of hydrogen-bond acceptors (Lipinski definition) is 3. The number of amides is 2. The van der Waals surface area contributed by atoms with Crippen molar-refractivity contribution in [3.63, 3.8) is 0 Å². The molecule has 0 aliphatic carbocycles. The summed E-state index contributed by atoms with van der Waals surface area (Å²) in [5.74, 6) is 0. The van der Waals surface area contributed by atoms with Crippen LogP contribution >= 0.6 is 11.6 Å². The average Bonchev–Trinajstić information content (AvgIpc) is 2.69. The van der Waals surface area contributed by atoms with E-state index in [0.717, 1.165) is 11.1 Å². The molecule has 0 unspecified atom stereocenters. The molecule has 0 bridgehead atoms. The molecule has 5 nitrogen and oxygen atoms in total. The van der Waals surface area contributed by atoms with Gasteiger partial charge in [0.15, 0.2) is 0 Å². The lowest BCUT2D eigenvalue weighted by Crippen LogP contribution is -2.38. The normalized spacial score (nSPS) is 19.3. The highest BCUT2D eigenvalue weighted by Gasteiger charge is 2.35. The van der Waals surface area contributed by atoms with Crippen LogP contribution in [0.5, 0.6) is 0 Å². The van der Waals surface area contributed by atoms with Gasteiger partial charge in [-0.1, -0.05) is 0 Å². The number of rotatable bonds is 0. The van der Waals surface area contributed by atoms with E-state index in [1.54, 1.807) is 9.80 Å². The van der Waals surface area contributed by atoms with Crippen LogP contribution in [0.3, 0.4) is 0 Å². The van der Waals surface area contributed by atoms with Gasteiger partial charge in [0.25, 0.3) is 0 Å². The quantitative estimate of drug-likeness (QED) is 0.386. The van der Waals surface area contributed by atoms with E-state index in [1.807, 2.05) is 20.8 Å². The van der Waals surface area contributed by atoms with E-state index in [2.05, 4.69) is 0 Å². The van der Waals surface area contributed by atoms with E-state index < -0.39 is 11.0 Å². The molecule has 0 fully saturated rings. The molecular weight excluding hydrogens is 256 g/mol. The van der Waals surface area contributed by atoms with E-state index in [0.29, 0.717) is 26.2 Å². The van der Waals surface area contributed by atoms with Crippen molar-refractivity contribution < 1.29 is 14.3 Å². The Bertz CT molecular complexity index is 408. The van der Waals surface area contributed by atoms with Crippen molar-refractivity contribution in [1.82, 2.24) is 9.80 Å². The minimum absolute atomic E-state index is 0.305. The zero-order chi connectivity index (χ0) is 13.5. The molecule has 0 radical (unpaired) electrons. The van der Waals surface area contributed by atoms with Crippen LogP contribution in [-0.4, -0.2) is 53.0 Å². The molecule has 0 saturated heterocycles. The van der Waals surface area contributed by atoms with Gasteiger partial charge in [-0.25, -0.2) is 4.79 Å². The molecular formula is C12H17ClN2O3. The first-order valence-electron chi connectivity index (χ1n) is 5.88. The molecule has 2 aliphatic heterocycles. The van der Waals surface area contributed by atoms with Crippen LogP contribution in [-0.2, 0) is 4.74 Å². The molecule has 0 aromatic rings. The Hall–Kier alpha value is -1.23. The highest BCUT2D eigenvalue weighted by Crippen LogP contribution is 2.27. The second kappa shape index (κ2) is 4.46. The maximum atomic E-state index is 11.9. The molecule has 0 atom stereocenters. The third-order valence-electron chi connectivity index (χ3n) is 2.93. The van der Waals surface area contributed by atoms with Gasteiger partial charge in [-0.15, -0.1) is 0 Å². The Morgan fingerprint density at radius 1 is 1.06 bits per heavy atom. The molecule has 6 heteroatoms. The zero-order valence-electron chi connectivity index (χ0n) is 10.8. The third kappa shape index (κ3) is 2.77. The molecule has 2 heterocycles. The fourth-order valence-electron chi connectivity index (χ4n) is 2.16. The van der Waals surface area contributed by atoms with Crippen LogP contribution in [0.2, 0.25) is 0 Å². The SMILES string of the molecule is CC(C)(C)OC(=O)N1CC2=C(CN(C(=O)Cl)C2)C1. The Morgan fingerprint density at radius 3 is 1.89 bits per heavy atom. The molecule has 18 heavy (non-hydrogen) atoms. The Labute approximate surface area is 111 Å². The minimum Gasteiger partial charge on any atom is -0.444 e. The number of carbonyl (C=O) groups is 2. The summed E-state index contributed by atoms with van der Waals surface area (Å²) in [6.07, 6.45) is -0.305. The molecule has 0 N–H and O–H groups in total. The van der Waals surface area contributed by atoms with Gasteiger partial charge < -0.3 is 14.5 Å². The monoisotopic (exact) mass is 272 g/mol. The predicted molar refractivity (Wildman–Crippen MR) is 67.7 cm³/mol. The lowest BCUT2D eigenvalue weighted by Gasteiger charge is -2.26. The van der Waals surface area contributed by atoms with Crippen LogP contribution in [0.4, 0.5) is 9.59 Å². The summed E-state index contributed by atoms with van der Waals surface area (Å²) >= 11 is 5.44. The number of carbonyl (C=O) groups excluding carboxylic acids is 2. The molecule has 0 spiro atoms. The van der Waals surface area contributed by atoms with Gasteiger partial charge in [0, 0.05) is 26.2 Å². The van der Waals surface area contributed by atoms with Crippen molar-refractivity contribution in [3.05, 3.63) is 11.1 Å². The summed E-state index contributed by atoms with van der Waals surface area (Å²) in [6, 6.07) is 0. The van der Waals surface area contributed by atoms with Gasteiger partial charge in [0.05, 0.1) is 0 Å². The Kier molecular flexibility index (Phi) is 3.27. The molecule has 2 aliphatic rings. The van der Waals surface area contributed by atoms with Crippen molar-refractivity contribution in [2.24, 2.45) is 0 Å². The van der Waals surface area contributed by atoms with Crippen LogP contribution in [0.1, 0.15) is 20.8 Å². The highest BCUT2D eigenvalue weighted by molar-refractivity contribution is 6.62. The van der Waals surface area contributed by atoms with Crippen molar-refractivity contribution >= 4 is 23.1 Å². The zero-order valence-corrected chi connectivity index (χ0v) is 11.6. The standard InChI is InChI=1S/C12H17ClN2O3/c1-12(2,3)18-11(17)15-6-8-4-14(10(13)16)5-9(8)7-15/h4-7H2,1-3H3. The predicted octanol–water partition coefficient (Wildman–Crippen LogP) is 2.21. The molecule has 0 aromatic heterocycles. The van der Waals surface area contributed by atoms with E-state index in [-0.39, 0.29) is 6.09 Å². The average molecular weight is 273 g/mol. The lowest BCUT2D eigenvalue weighted by atomic mass is 10.2. The highest BCUT2D eigenvalue weighted by atomic mass is 35.5.